The number of benzene rings is 1. The van der Waals surface area contributed by atoms with E-state index in [9.17, 15) is 8.76 Å². The summed E-state index contributed by atoms with van der Waals surface area (Å²) in [5.41, 5.74) is -0.224. The molecule has 1 aromatic carbocycles. The van der Waals surface area contributed by atoms with E-state index in [2.05, 4.69) is 0 Å². The Morgan fingerprint density at radius 2 is 1.87 bits per heavy atom. The van der Waals surface area contributed by atoms with Crippen LogP contribution >= 0.6 is 0 Å². The van der Waals surface area contributed by atoms with Crippen molar-refractivity contribution in [1.82, 2.24) is 0 Å². The summed E-state index contributed by atoms with van der Waals surface area (Å²) < 4.78 is 26.9. The molecule has 4 heteroatoms. The number of hydrogen-bond acceptors (Lipinski definition) is 3. The summed E-state index contributed by atoms with van der Waals surface area (Å²) in [6, 6.07) is 6.40. The van der Waals surface area contributed by atoms with Crippen molar-refractivity contribution in [1.29, 1.82) is 0 Å². The van der Waals surface area contributed by atoms with Crippen LogP contribution in [0, 0.1) is 0 Å². The second-order valence-corrected chi connectivity index (χ2v) is 4.86. The van der Waals surface area contributed by atoms with Gasteiger partial charge in [-0.05, 0) is 55.6 Å². The number of rotatable bonds is 4. The Balaban J connectivity index is 2.77. The largest absolute Gasteiger partial charge is 0.768 e. The Hall–Kier alpha value is -0.870. The van der Waals surface area contributed by atoms with Crippen molar-refractivity contribution in [3.8, 4) is 5.75 Å². The van der Waals surface area contributed by atoms with Crippen LogP contribution < -0.4 is 4.74 Å². The molecule has 1 rings (SSSR count). The first kappa shape index (κ1) is 12.2. The Morgan fingerprint density at radius 1 is 1.33 bits per heavy atom. The van der Waals surface area contributed by atoms with Crippen molar-refractivity contribution in [2.75, 3.05) is 0 Å². The van der Waals surface area contributed by atoms with Crippen LogP contribution in [-0.4, -0.2) is 14.4 Å². The summed E-state index contributed by atoms with van der Waals surface area (Å²) in [6.07, 6.45) is 0.891. The first-order valence-corrected chi connectivity index (χ1v) is 5.90. The molecule has 0 amide bonds. The van der Waals surface area contributed by atoms with Crippen molar-refractivity contribution in [2.24, 2.45) is 0 Å². The minimum Gasteiger partial charge on any atom is -0.768 e. The van der Waals surface area contributed by atoms with Crippen molar-refractivity contribution < 1.29 is 13.5 Å². The van der Waals surface area contributed by atoms with E-state index in [1.807, 2.05) is 20.8 Å². The molecule has 1 aromatic rings. The lowest BCUT2D eigenvalue weighted by Gasteiger charge is -2.24. The highest BCUT2D eigenvalue weighted by Crippen LogP contribution is 2.21. The summed E-state index contributed by atoms with van der Waals surface area (Å²) in [5.74, 6) is 0.691. The van der Waals surface area contributed by atoms with Crippen molar-refractivity contribution >= 4 is 11.1 Å². The lowest BCUT2D eigenvalue weighted by atomic mass is 10.1. The molecular weight excluding hydrogens is 212 g/mol. The molecule has 0 saturated heterocycles. The van der Waals surface area contributed by atoms with Crippen LogP contribution in [0.2, 0.25) is 0 Å². The predicted octanol–water partition coefficient (Wildman–Crippen LogP) is 2.49. The van der Waals surface area contributed by atoms with Crippen LogP contribution in [0.1, 0.15) is 27.2 Å². The fourth-order valence-corrected chi connectivity index (χ4v) is 1.37. The molecule has 84 valence electrons. The van der Waals surface area contributed by atoms with E-state index in [-0.39, 0.29) is 10.5 Å². The summed E-state index contributed by atoms with van der Waals surface area (Å²) >= 11 is -2.17. The van der Waals surface area contributed by atoms with Crippen molar-refractivity contribution in [3.05, 3.63) is 24.3 Å². The molecule has 0 N–H and O–H groups in total. The van der Waals surface area contributed by atoms with Gasteiger partial charge in [0.25, 0.3) is 0 Å². The number of hydrogen-bond donors (Lipinski definition) is 0. The van der Waals surface area contributed by atoms with E-state index in [1.165, 1.54) is 12.1 Å². The van der Waals surface area contributed by atoms with Crippen LogP contribution in [0.15, 0.2) is 29.2 Å². The monoisotopic (exact) mass is 227 g/mol. The normalized spacial score (nSPS) is 13.6. The van der Waals surface area contributed by atoms with E-state index in [1.54, 1.807) is 12.1 Å². The van der Waals surface area contributed by atoms with E-state index in [0.717, 1.165) is 6.42 Å². The maximum Gasteiger partial charge on any atom is 0.120 e. The van der Waals surface area contributed by atoms with Gasteiger partial charge in [-0.15, -0.1) is 0 Å². The molecule has 0 saturated carbocycles. The SMILES string of the molecule is CCC(C)(C)Oc1ccc(S(=O)[O-])cc1. The van der Waals surface area contributed by atoms with E-state index >= 15 is 0 Å². The zero-order valence-corrected chi connectivity index (χ0v) is 9.97. The molecule has 0 heterocycles. The Labute approximate surface area is 92.7 Å². The van der Waals surface area contributed by atoms with Gasteiger partial charge in [-0.25, -0.2) is 0 Å². The summed E-state index contributed by atoms with van der Waals surface area (Å²) in [7, 11) is 0. The highest BCUT2D eigenvalue weighted by Gasteiger charge is 2.16. The van der Waals surface area contributed by atoms with E-state index in [0.29, 0.717) is 5.75 Å². The van der Waals surface area contributed by atoms with Gasteiger partial charge in [0, 0.05) is 4.90 Å². The van der Waals surface area contributed by atoms with Crippen LogP contribution in [-0.2, 0) is 11.1 Å². The van der Waals surface area contributed by atoms with Gasteiger partial charge in [0.15, 0.2) is 0 Å². The molecule has 1 unspecified atom stereocenters. The van der Waals surface area contributed by atoms with E-state index in [4.69, 9.17) is 4.74 Å². The minimum atomic E-state index is -2.17. The Kier molecular flexibility index (Phi) is 3.88. The molecule has 0 aliphatic rings. The zero-order chi connectivity index (χ0) is 11.5. The molecule has 15 heavy (non-hydrogen) atoms. The summed E-state index contributed by atoms with van der Waals surface area (Å²) in [4.78, 5) is 0.275. The lowest BCUT2D eigenvalue weighted by molar-refractivity contribution is 0.105. The van der Waals surface area contributed by atoms with Gasteiger partial charge in [0.1, 0.15) is 11.4 Å². The second kappa shape index (κ2) is 4.77. The summed E-state index contributed by atoms with van der Waals surface area (Å²) in [6.45, 7) is 6.03. The Bertz CT molecular complexity index is 343. The third-order valence-corrected chi connectivity index (χ3v) is 2.92. The standard InChI is InChI=1S/C11H16O3S/c1-4-11(2,3)14-9-5-7-10(8-6-9)15(12)13/h5-8H,4H2,1-3H3,(H,12,13)/p-1. The fourth-order valence-electron chi connectivity index (χ4n) is 1.01. The molecule has 0 aliphatic carbocycles. The fraction of sp³-hybridized carbons (Fsp3) is 0.455. The van der Waals surface area contributed by atoms with Gasteiger partial charge in [-0.3, -0.25) is 4.21 Å². The third-order valence-electron chi connectivity index (χ3n) is 2.26. The average Bonchev–Trinajstić information content (AvgIpc) is 2.18. The third kappa shape index (κ3) is 3.64. The van der Waals surface area contributed by atoms with Crippen molar-refractivity contribution in [2.45, 2.75) is 37.7 Å². The van der Waals surface area contributed by atoms with Crippen LogP contribution in [0.25, 0.3) is 0 Å². The molecule has 0 aromatic heterocycles. The van der Waals surface area contributed by atoms with Gasteiger partial charge < -0.3 is 9.29 Å². The minimum absolute atomic E-state index is 0.224. The smallest absolute Gasteiger partial charge is 0.120 e. The van der Waals surface area contributed by atoms with Gasteiger partial charge in [-0.1, -0.05) is 6.92 Å². The first-order chi connectivity index (χ1) is 6.94. The molecule has 1 atom stereocenters. The van der Waals surface area contributed by atoms with Gasteiger partial charge >= 0.3 is 0 Å². The summed E-state index contributed by atoms with van der Waals surface area (Å²) in [5, 5.41) is 0. The maximum absolute atomic E-state index is 10.6. The van der Waals surface area contributed by atoms with Crippen LogP contribution in [0.3, 0.4) is 0 Å². The van der Waals surface area contributed by atoms with Gasteiger partial charge in [0.2, 0.25) is 0 Å². The number of ether oxygens (including phenoxy) is 1. The first-order valence-electron chi connectivity index (χ1n) is 4.83. The topological polar surface area (TPSA) is 49.4 Å². The quantitative estimate of drug-likeness (QED) is 0.742. The Morgan fingerprint density at radius 3 is 2.27 bits per heavy atom. The zero-order valence-electron chi connectivity index (χ0n) is 9.15. The molecule has 0 spiro atoms. The predicted molar refractivity (Wildman–Crippen MR) is 58.6 cm³/mol. The molecule has 3 nitrogen and oxygen atoms in total. The molecule has 0 aliphatic heterocycles. The van der Waals surface area contributed by atoms with Crippen LogP contribution in [0.5, 0.6) is 5.75 Å². The molecule has 0 radical (unpaired) electrons. The molecular formula is C11H15O3S-. The average molecular weight is 227 g/mol. The van der Waals surface area contributed by atoms with Gasteiger partial charge in [0.05, 0.1) is 0 Å². The van der Waals surface area contributed by atoms with Gasteiger partial charge in [-0.2, -0.15) is 0 Å². The highest BCUT2D eigenvalue weighted by molar-refractivity contribution is 7.79. The highest BCUT2D eigenvalue weighted by atomic mass is 32.2. The molecule has 0 fully saturated rings. The van der Waals surface area contributed by atoms with Crippen molar-refractivity contribution in [3.63, 3.8) is 0 Å². The maximum atomic E-state index is 10.6. The molecule has 0 bridgehead atoms. The second-order valence-electron chi connectivity index (χ2n) is 3.92. The lowest BCUT2D eigenvalue weighted by Crippen LogP contribution is -2.26. The van der Waals surface area contributed by atoms with E-state index < -0.39 is 11.1 Å². The van der Waals surface area contributed by atoms with Crippen LogP contribution in [0.4, 0.5) is 0 Å².